The first kappa shape index (κ1) is 25.3. The molecule has 0 bridgehead atoms. The molecule has 0 aliphatic heterocycles. The summed E-state index contributed by atoms with van der Waals surface area (Å²) >= 11 is 0. The van der Waals surface area contributed by atoms with Gasteiger partial charge in [-0.1, -0.05) is 6.92 Å². The summed E-state index contributed by atoms with van der Waals surface area (Å²) in [6, 6.07) is 0. The van der Waals surface area contributed by atoms with Crippen LogP contribution < -0.4 is 0 Å². The molecule has 0 rings (SSSR count). The van der Waals surface area contributed by atoms with Gasteiger partial charge in [0.25, 0.3) is 0 Å². The molecule has 3 N–H and O–H groups in total. The van der Waals surface area contributed by atoms with Crippen molar-refractivity contribution in [3.63, 3.8) is 0 Å². The van der Waals surface area contributed by atoms with Crippen LogP contribution in [0, 0.1) is 16.7 Å². The van der Waals surface area contributed by atoms with E-state index in [1.807, 2.05) is 0 Å². The maximum Gasteiger partial charge on any atom is 0.311 e. The van der Waals surface area contributed by atoms with Crippen molar-refractivity contribution in [3.8, 4) is 0 Å². The Kier molecular flexibility index (Phi) is 11.1. The minimum Gasteiger partial charge on any atom is -0.463 e. The fraction of sp³-hybridized carbons (Fsp3) is 0.833. The van der Waals surface area contributed by atoms with Crippen LogP contribution >= 0.6 is 0 Å². The zero-order valence-corrected chi connectivity index (χ0v) is 16.5. The highest BCUT2D eigenvalue weighted by atomic mass is 16.6. The molecule has 0 aliphatic carbocycles. The topological polar surface area (TPSA) is 140 Å². The lowest BCUT2D eigenvalue weighted by molar-refractivity contribution is -0.166. The summed E-state index contributed by atoms with van der Waals surface area (Å²) in [6.45, 7) is 4.87. The number of rotatable bonds is 13. The molecule has 0 aromatic carbocycles. The molecule has 0 aliphatic rings. The molecule has 9 nitrogen and oxygen atoms in total. The SMILES string of the molecule is CC(CC(C)(CC(C)(C)C(=O)OCCO)C(=O)OCCO)C(=O)OCCO. The zero-order valence-electron chi connectivity index (χ0n) is 16.5. The van der Waals surface area contributed by atoms with Crippen molar-refractivity contribution in [3.05, 3.63) is 0 Å². The van der Waals surface area contributed by atoms with Crippen LogP contribution in [0.25, 0.3) is 0 Å². The fourth-order valence-corrected chi connectivity index (χ4v) is 2.97. The number of hydrogen-bond acceptors (Lipinski definition) is 9. The molecule has 2 atom stereocenters. The van der Waals surface area contributed by atoms with Gasteiger partial charge in [-0.15, -0.1) is 0 Å². The lowest BCUT2D eigenvalue weighted by Crippen LogP contribution is -2.41. The number of aliphatic hydroxyl groups is 3. The second-order valence-corrected chi connectivity index (χ2v) is 7.34. The van der Waals surface area contributed by atoms with Gasteiger partial charge in [-0.3, -0.25) is 14.4 Å². The lowest BCUT2D eigenvalue weighted by atomic mass is 9.70. The third kappa shape index (κ3) is 8.68. The molecule has 9 heteroatoms. The molecule has 0 saturated carbocycles. The van der Waals surface area contributed by atoms with Crippen molar-refractivity contribution >= 4 is 17.9 Å². The normalized spacial score (nSPS) is 14.8. The molecular weight excluding hydrogens is 360 g/mol. The number of esters is 3. The molecule has 0 radical (unpaired) electrons. The van der Waals surface area contributed by atoms with Gasteiger partial charge in [-0.25, -0.2) is 0 Å². The quantitative estimate of drug-likeness (QED) is 0.293. The third-order valence-corrected chi connectivity index (χ3v) is 4.02. The van der Waals surface area contributed by atoms with Crippen molar-refractivity contribution in [2.24, 2.45) is 16.7 Å². The van der Waals surface area contributed by atoms with Crippen LogP contribution in [0.5, 0.6) is 0 Å². The van der Waals surface area contributed by atoms with Gasteiger partial charge < -0.3 is 29.5 Å². The molecule has 0 saturated heterocycles. The van der Waals surface area contributed by atoms with Crippen LogP contribution in [0.3, 0.4) is 0 Å². The molecule has 0 aromatic rings. The van der Waals surface area contributed by atoms with E-state index in [9.17, 15) is 14.4 Å². The van der Waals surface area contributed by atoms with E-state index in [-0.39, 0.29) is 52.5 Å². The van der Waals surface area contributed by atoms with E-state index in [0.717, 1.165) is 0 Å². The third-order valence-electron chi connectivity index (χ3n) is 4.02. The van der Waals surface area contributed by atoms with Gasteiger partial charge in [0, 0.05) is 0 Å². The Morgan fingerprint density at radius 1 is 0.815 bits per heavy atom. The summed E-state index contributed by atoms with van der Waals surface area (Å²) in [5, 5.41) is 26.5. The van der Waals surface area contributed by atoms with Crippen LogP contribution in [0.15, 0.2) is 0 Å². The zero-order chi connectivity index (χ0) is 21.1. The van der Waals surface area contributed by atoms with Crippen molar-refractivity contribution in [1.29, 1.82) is 0 Å². The van der Waals surface area contributed by atoms with Gasteiger partial charge in [-0.2, -0.15) is 0 Å². The van der Waals surface area contributed by atoms with Crippen LogP contribution in [-0.4, -0.2) is 72.9 Å². The van der Waals surface area contributed by atoms with E-state index < -0.39 is 34.7 Å². The number of ether oxygens (including phenoxy) is 3. The second-order valence-electron chi connectivity index (χ2n) is 7.34. The van der Waals surface area contributed by atoms with Crippen molar-refractivity contribution in [2.45, 2.75) is 40.5 Å². The molecule has 0 aromatic heterocycles. The maximum absolute atomic E-state index is 12.6. The van der Waals surface area contributed by atoms with Gasteiger partial charge in [0.1, 0.15) is 19.8 Å². The Bertz CT molecular complexity index is 489. The number of carbonyl (C=O) groups is 3. The fourth-order valence-electron chi connectivity index (χ4n) is 2.97. The summed E-state index contributed by atoms with van der Waals surface area (Å²) < 4.78 is 14.9. The van der Waals surface area contributed by atoms with E-state index in [1.165, 1.54) is 0 Å². The number of aliphatic hydroxyl groups excluding tert-OH is 3. The Morgan fingerprint density at radius 3 is 1.74 bits per heavy atom. The van der Waals surface area contributed by atoms with Gasteiger partial charge >= 0.3 is 17.9 Å². The Balaban J connectivity index is 5.38. The molecule has 27 heavy (non-hydrogen) atoms. The Labute approximate surface area is 159 Å². The van der Waals surface area contributed by atoms with Gasteiger partial charge in [-0.05, 0) is 33.6 Å². The van der Waals surface area contributed by atoms with E-state index in [4.69, 9.17) is 29.5 Å². The Morgan fingerprint density at radius 2 is 1.26 bits per heavy atom. The minimum atomic E-state index is -1.23. The molecular formula is C18H32O9. The van der Waals surface area contributed by atoms with Crippen molar-refractivity contribution in [1.82, 2.24) is 0 Å². The maximum atomic E-state index is 12.6. The van der Waals surface area contributed by atoms with Crippen LogP contribution in [0.2, 0.25) is 0 Å². The summed E-state index contributed by atoms with van der Waals surface area (Å²) in [7, 11) is 0. The highest BCUT2D eigenvalue weighted by Crippen LogP contribution is 2.40. The first-order chi connectivity index (χ1) is 12.5. The molecule has 0 amide bonds. The summed E-state index contributed by atoms with van der Waals surface area (Å²) in [5.41, 5.74) is -2.31. The van der Waals surface area contributed by atoms with E-state index in [0.29, 0.717) is 0 Å². The molecule has 0 spiro atoms. The smallest absolute Gasteiger partial charge is 0.311 e. The van der Waals surface area contributed by atoms with Crippen LogP contribution in [-0.2, 0) is 28.6 Å². The largest absolute Gasteiger partial charge is 0.463 e. The average Bonchev–Trinajstić information content (AvgIpc) is 2.61. The van der Waals surface area contributed by atoms with Crippen LogP contribution in [0.4, 0.5) is 0 Å². The van der Waals surface area contributed by atoms with Crippen molar-refractivity contribution in [2.75, 3.05) is 39.6 Å². The first-order valence-electron chi connectivity index (χ1n) is 8.87. The summed E-state index contributed by atoms with van der Waals surface area (Å²) in [6.07, 6.45) is 0.0599. The minimum absolute atomic E-state index is 0.0200. The Hall–Kier alpha value is -1.71. The van der Waals surface area contributed by atoms with Crippen molar-refractivity contribution < 1.29 is 43.9 Å². The summed E-state index contributed by atoms with van der Waals surface area (Å²) in [4.78, 5) is 36.9. The lowest BCUT2D eigenvalue weighted by Gasteiger charge is -2.35. The molecule has 158 valence electrons. The molecule has 0 heterocycles. The van der Waals surface area contributed by atoms with E-state index >= 15 is 0 Å². The monoisotopic (exact) mass is 392 g/mol. The highest BCUT2D eigenvalue weighted by Gasteiger charge is 2.45. The first-order valence-corrected chi connectivity index (χ1v) is 8.87. The molecule has 0 fully saturated rings. The van der Waals surface area contributed by atoms with Gasteiger partial charge in [0.05, 0.1) is 36.6 Å². The molecule has 2 unspecified atom stereocenters. The summed E-state index contributed by atoms with van der Waals surface area (Å²) in [5.74, 6) is -2.51. The number of carbonyl (C=O) groups excluding carboxylic acids is 3. The van der Waals surface area contributed by atoms with E-state index in [1.54, 1.807) is 27.7 Å². The second kappa shape index (κ2) is 11.9. The predicted octanol–water partition coefficient (Wildman–Crippen LogP) is 0.0417. The number of hydrogen-bond donors (Lipinski definition) is 3. The average molecular weight is 392 g/mol. The standard InChI is InChI=1S/C18H32O9/c1-13(14(22)25-8-5-19)11-18(4,16(24)27-10-7-21)12-17(2,3)15(23)26-9-6-20/h13,19-21H,5-12H2,1-4H3. The predicted molar refractivity (Wildman–Crippen MR) is 94.4 cm³/mol. The highest BCUT2D eigenvalue weighted by molar-refractivity contribution is 5.81. The van der Waals surface area contributed by atoms with Gasteiger partial charge in [0.15, 0.2) is 0 Å². The van der Waals surface area contributed by atoms with Crippen LogP contribution in [0.1, 0.15) is 40.5 Å². The van der Waals surface area contributed by atoms with E-state index in [2.05, 4.69) is 0 Å². The van der Waals surface area contributed by atoms with Gasteiger partial charge in [0.2, 0.25) is 0 Å².